The molecule has 92 valence electrons. The smallest absolute Gasteiger partial charge is 0.172 e. The highest BCUT2D eigenvalue weighted by atomic mass is 19.1. The second-order valence-electron chi connectivity index (χ2n) is 4.46. The van der Waals surface area contributed by atoms with Gasteiger partial charge in [-0.2, -0.15) is 0 Å². The zero-order chi connectivity index (χ0) is 12.0. The molecule has 0 radical (unpaired) electrons. The van der Waals surface area contributed by atoms with Gasteiger partial charge in [0.05, 0.1) is 0 Å². The molecule has 1 heterocycles. The Kier molecular flexibility index (Phi) is 5.71. The largest absolute Gasteiger partial charge is 0.305 e. The molecule has 1 saturated heterocycles. The highest BCUT2D eigenvalue weighted by Gasteiger charge is 2.17. The van der Waals surface area contributed by atoms with Crippen LogP contribution in [0.5, 0.6) is 0 Å². The highest BCUT2D eigenvalue weighted by Crippen LogP contribution is 2.09. The van der Waals surface area contributed by atoms with Gasteiger partial charge in [-0.3, -0.25) is 4.90 Å². The maximum Gasteiger partial charge on any atom is 0.172 e. The number of allylic oxidation sites excluding steroid dienone is 3. The third-order valence-electron chi connectivity index (χ3n) is 3.08. The Hall–Kier alpha value is -0.670. The summed E-state index contributed by atoms with van der Waals surface area (Å²) in [7, 11) is 2.09. The fourth-order valence-corrected chi connectivity index (χ4v) is 1.76. The standard InChI is InChI=1S/C13H23FN2/c1-4-12(2)6-7-13(14)16-9-5-8-15(3)10-11-16/h4,6-7,13H,5,8-11H2,1-3H3/b7-6-,12-4-. The van der Waals surface area contributed by atoms with E-state index in [2.05, 4.69) is 11.9 Å². The third kappa shape index (κ3) is 4.45. The number of nitrogens with zero attached hydrogens (tertiary/aromatic N) is 2. The molecule has 1 fully saturated rings. The minimum atomic E-state index is -0.943. The van der Waals surface area contributed by atoms with Crippen molar-refractivity contribution in [1.29, 1.82) is 0 Å². The van der Waals surface area contributed by atoms with Gasteiger partial charge < -0.3 is 4.90 Å². The molecular formula is C13H23FN2. The van der Waals surface area contributed by atoms with E-state index in [0.29, 0.717) is 0 Å². The number of rotatable bonds is 3. The van der Waals surface area contributed by atoms with Gasteiger partial charge in [0.1, 0.15) is 0 Å². The quantitative estimate of drug-likeness (QED) is 0.539. The van der Waals surface area contributed by atoms with Crippen LogP contribution in [0.2, 0.25) is 0 Å². The van der Waals surface area contributed by atoms with E-state index in [9.17, 15) is 4.39 Å². The molecule has 1 atom stereocenters. The summed E-state index contributed by atoms with van der Waals surface area (Å²) in [4.78, 5) is 4.16. The topological polar surface area (TPSA) is 6.48 Å². The first-order valence-electron chi connectivity index (χ1n) is 6.01. The van der Waals surface area contributed by atoms with Crippen molar-refractivity contribution in [1.82, 2.24) is 9.80 Å². The Bertz CT molecular complexity index is 261. The summed E-state index contributed by atoms with van der Waals surface area (Å²) in [6.07, 6.45) is 5.61. The molecule has 0 aliphatic carbocycles. The van der Waals surface area contributed by atoms with Crippen LogP contribution in [0, 0.1) is 0 Å². The zero-order valence-corrected chi connectivity index (χ0v) is 10.6. The molecule has 2 nitrogen and oxygen atoms in total. The fraction of sp³-hybridized carbons (Fsp3) is 0.692. The van der Waals surface area contributed by atoms with Crippen molar-refractivity contribution < 1.29 is 4.39 Å². The summed E-state index contributed by atoms with van der Waals surface area (Å²) in [5.41, 5.74) is 1.11. The Balaban J connectivity index is 2.46. The molecule has 0 aromatic heterocycles. The van der Waals surface area contributed by atoms with Gasteiger partial charge in [0.15, 0.2) is 6.30 Å². The summed E-state index contributed by atoms with van der Waals surface area (Å²) in [5.74, 6) is 0. The van der Waals surface area contributed by atoms with Crippen LogP contribution < -0.4 is 0 Å². The van der Waals surface area contributed by atoms with Gasteiger partial charge in [0, 0.05) is 19.6 Å². The van der Waals surface area contributed by atoms with Crippen LogP contribution in [0.4, 0.5) is 4.39 Å². The van der Waals surface area contributed by atoms with Crippen LogP contribution in [0.3, 0.4) is 0 Å². The number of halogens is 1. The first kappa shape index (κ1) is 13.4. The number of likely N-dealkylation sites (N-methyl/N-ethyl adjacent to an activating group) is 1. The second kappa shape index (κ2) is 6.81. The van der Waals surface area contributed by atoms with E-state index in [-0.39, 0.29) is 0 Å². The molecule has 1 unspecified atom stereocenters. The number of hydrogen-bond donors (Lipinski definition) is 0. The van der Waals surface area contributed by atoms with Crippen molar-refractivity contribution in [3.63, 3.8) is 0 Å². The van der Waals surface area contributed by atoms with Gasteiger partial charge in [-0.05, 0) is 39.9 Å². The van der Waals surface area contributed by atoms with E-state index >= 15 is 0 Å². The Morgan fingerprint density at radius 3 is 2.69 bits per heavy atom. The summed E-state index contributed by atoms with van der Waals surface area (Å²) in [5, 5.41) is 0. The molecule has 1 aliphatic heterocycles. The lowest BCUT2D eigenvalue weighted by Gasteiger charge is -2.22. The second-order valence-corrected chi connectivity index (χ2v) is 4.46. The highest BCUT2D eigenvalue weighted by molar-refractivity contribution is 5.15. The van der Waals surface area contributed by atoms with Crippen LogP contribution in [-0.4, -0.2) is 49.3 Å². The van der Waals surface area contributed by atoms with E-state index in [1.807, 2.05) is 30.9 Å². The predicted molar refractivity (Wildman–Crippen MR) is 67.2 cm³/mol. The molecule has 3 heteroatoms. The molecule has 0 amide bonds. The maximum absolute atomic E-state index is 13.9. The Morgan fingerprint density at radius 2 is 2.00 bits per heavy atom. The van der Waals surface area contributed by atoms with E-state index < -0.39 is 6.30 Å². The van der Waals surface area contributed by atoms with Gasteiger partial charge in [-0.1, -0.05) is 17.7 Å². The van der Waals surface area contributed by atoms with Crippen LogP contribution in [0.25, 0.3) is 0 Å². The van der Waals surface area contributed by atoms with Crippen molar-refractivity contribution in [3.05, 3.63) is 23.8 Å². The average Bonchev–Trinajstić information content (AvgIpc) is 2.50. The predicted octanol–water partition coefficient (Wildman–Crippen LogP) is 2.44. The van der Waals surface area contributed by atoms with Crippen molar-refractivity contribution in [3.8, 4) is 0 Å². The number of alkyl halides is 1. The van der Waals surface area contributed by atoms with Gasteiger partial charge in [0.25, 0.3) is 0 Å². The summed E-state index contributed by atoms with van der Waals surface area (Å²) >= 11 is 0. The van der Waals surface area contributed by atoms with Gasteiger partial charge >= 0.3 is 0 Å². The molecule has 0 N–H and O–H groups in total. The fourth-order valence-electron chi connectivity index (χ4n) is 1.76. The molecule has 16 heavy (non-hydrogen) atoms. The minimum Gasteiger partial charge on any atom is -0.305 e. The van der Waals surface area contributed by atoms with Gasteiger partial charge in [-0.15, -0.1) is 0 Å². The van der Waals surface area contributed by atoms with E-state index in [4.69, 9.17) is 0 Å². The van der Waals surface area contributed by atoms with E-state index in [1.54, 1.807) is 6.08 Å². The molecule has 0 aromatic rings. The SMILES string of the molecule is C/C=C(C)\C=C/C(F)N1CCCN(C)CC1. The molecule has 0 aromatic carbocycles. The molecule has 1 aliphatic rings. The molecule has 0 bridgehead atoms. The molecule has 0 saturated carbocycles. The van der Waals surface area contributed by atoms with Crippen molar-refractivity contribution >= 4 is 0 Å². The monoisotopic (exact) mass is 226 g/mol. The van der Waals surface area contributed by atoms with Crippen LogP contribution in [-0.2, 0) is 0 Å². The molecule has 1 rings (SSSR count). The van der Waals surface area contributed by atoms with Gasteiger partial charge in [0.2, 0.25) is 0 Å². The normalized spacial score (nSPS) is 23.6. The van der Waals surface area contributed by atoms with Gasteiger partial charge in [-0.25, -0.2) is 4.39 Å². The lowest BCUT2D eigenvalue weighted by Crippen LogP contribution is -2.34. The molecular weight excluding hydrogens is 203 g/mol. The lowest BCUT2D eigenvalue weighted by atomic mass is 10.2. The van der Waals surface area contributed by atoms with Crippen molar-refractivity contribution in [2.45, 2.75) is 26.6 Å². The maximum atomic E-state index is 13.9. The average molecular weight is 226 g/mol. The summed E-state index contributed by atoms with van der Waals surface area (Å²) in [6.45, 7) is 7.65. The minimum absolute atomic E-state index is 0.816. The van der Waals surface area contributed by atoms with E-state index in [1.165, 1.54) is 0 Å². The summed E-state index contributed by atoms with van der Waals surface area (Å²) in [6, 6.07) is 0. The van der Waals surface area contributed by atoms with E-state index in [0.717, 1.165) is 38.2 Å². The summed E-state index contributed by atoms with van der Waals surface area (Å²) < 4.78 is 13.9. The first-order valence-corrected chi connectivity index (χ1v) is 6.01. The lowest BCUT2D eigenvalue weighted by molar-refractivity contribution is 0.127. The van der Waals surface area contributed by atoms with Crippen LogP contribution in [0.15, 0.2) is 23.8 Å². The Labute approximate surface area is 98.4 Å². The Morgan fingerprint density at radius 1 is 1.25 bits per heavy atom. The van der Waals surface area contributed by atoms with Crippen LogP contribution in [0.1, 0.15) is 20.3 Å². The van der Waals surface area contributed by atoms with Crippen molar-refractivity contribution in [2.24, 2.45) is 0 Å². The third-order valence-corrected chi connectivity index (χ3v) is 3.08. The number of hydrogen-bond acceptors (Lipinski definition) is 2. The zero-order valence-electron chi connectivity index (χ0n) is 10.6. The molecule has 0 spiro atoms. The van der Waals surface area contributed by atoms with Crippen molar-refractivity contribution in [2.75, 3.05) is 33.2 Å². The first-order chi connectivity index (χ1) is 7.63. The van der Waals surface area contributed by atoms with Crippen LogP contribution >= 0.6 is 0 Å².